The lowest BCUT2D eigenvalue weighted by atomic mass is 10.5. The third-order valence-electron chi connectivity index (χ3n) is 0.882. The first kappa shape index (κ1) is 8.17. The normalized spacial score (nSPS) is 28.9. The molecule has 0 bridgehead atoms. The summed E-state index contributed by atoms with van der Waals surface area (Å²) in [4.78, 5) is 0. The summed E-state index contributed by atoms with van der Waals surface area (Å²) in [6, 6.07) is 0. The Bertz CT molecular complexity index is 56.0. The van der Waals surface area contributed by atoms with E-state index >= 15 is 0 Å². The van der Waals surface area contributed by atoms with Crippen molar-refractivity contribution in [2.75, 3.05) is 19.7 Å². The van der Waals surface area contributed by atoms with Crippen LogP contribution < -0.4 is 5.32 Å². The monoisotopic (exact) mass is 139 g/mol. The van der Waals surface area contributed by atoms with Crippen molar-refractivity contribution < 1.29 is 10.2 Å². The van der Waals surface area contributed by atoms with E-state index in [1.807, 2.05) is 0 Å². The van der Waals surface area contributed by atoms with Crippen LogP contribution in [0, 0.1) is 0 Å². The molecular weight excluding hydrogens is 130 g/mol. The van der Waals surface area contributed by atoms with Crippen LogP contribution in [0.2, 0.25) is 0 Å². The lowest BCUT2D eigenvalue weighted by Crippen LogP contribution is -2.35. The Hall–Kier alpha value is 0.170. The average molecular weight is 140 g/mol. The van der Waals surface area contributed by atoms with E-state index in [9.17, 15) is 0 Å². The van der Waals surface area contributed by atoms with Gasteiger partial charge in [0.1, 0.15) is 5.56 Å². The highest BCUT2D eigenvalue weighted by molar-refractivity contribution is 6.19. The average Bonchev–Trinajstić information content (AvgIpc) is 1.69. The van der Waals surface area contributed by atoms with Gasteiger partial charge in [-0.25, -0.2) is 0 Å². The number of nitrogens with one attached hydrogen (secondary N) is 1. The van der Waals surface area contributed by atoms with Gasteiger partial charge in [0.05, 0.1) is 6.61 Å². The molecule has 50 valence electrons. The molecule has 3 N–H and O–H groups in total. The Morgan fingerprint density at radius 3 is 2.62 bits per heavy atom. The van der Waals surface area contributed by atoms with Crippen molar-refractivity contribution in [1.82, 2.24) is 5.32 Å². The SMILES string of the molecule is ClC1CNCCO1.O. The van der Waals surface area contributed by atoms with E-state index < -0.39 is 0 Å². The fourth-order valence-corrected chi connectivity index (χ4v) is 0.732. The van der Waals surface area contributed by atoms with Crippen molar-refractivity contribution in [3.05, 3.63) is 0 Å². The van der Waals surface area contributed by atoms with Crippen LogP contribution in [0.15, 0.2) is 0 Å². The molecular formula is C4H10ClNO2. The maximum absolute atomic E-state index is 5.53. The first-order chi connectivity index (χ1) is 3.39. The van der Waals surface area contributed by atoms with Crippen LogP contribution in [0.25, 0.3) is 0 Å². The van der Waals surface area contributed by atoms with E-state index in [1.165, 1.54) is 0 Å². The minimum absolute atomic E-state index is 0. The molecule has 4 heteroatoms. The summed E-state index contributed by atoms with van der Waals surface area (Å²) in [5.74, 6) is 0. The summed E-state index contributed by atoms with van der Waals surface area (Å²) in [7, 11) is 0. The molecule has 0 aromatic carbocycles. The molecule has 1 saturated heterocycles. The summed E-state index contributed by atoms with van der Waals surface area (Å²) >= 11 is 5.53. The zero-order valence-electron chi connectivity index (χ0n) is 4.48. The van der Waals surface area contributed by atoms with Gasteiger partial charge in [0.15, 0.2) is 0 Å². The number of ether oxygens (including phenoxy) is 1. The summed E-state index contributed by atoms with van der Waals surface area (Å²) in [5, 5.41) is 3.08. The topological polar surface area (TPSA) is 52.8 Å². The predicted molar refractivity (Wildman–Crippen MR) is 32.1 cm³/mol. The van der Waals surface area contributed by atoms with Gasteiger partial charge in [-0.05, 0) is 0 Å². The van der Waals surface area contributed by atoms with Crippen molar-refractivity contribution in [1.29, 1.82) is 0 Å². The molecule has 1 aliphatic rings. The van der Waals surface area contributed by atoms with Crippen molar-refractivity contribution in [2.45, 2.75) is 5.56 Å². The lowest BCUT2D eigenvalue weighted by Gasteiger charge is -2.17. The van der Waals surface area contributed by atoms with Crippen LogP contribution in [0.1, 0.15) is 0 Å². The van der Waals surface area contributed by atoms with Gasteiger partial charge in [-0.3, -0.25) is 0 Å². The van der Waals surface area contributed by atoms with E-state index in [1.54, 1.807) is 0 Å². The third-order valence-corrected chi connectivity index (χ3v) is 1.16. The number of halogens is 1. The van der Waals surface area contributed by atoms with Crippen LogP contribution in [0.5, 0.6) is 0 Å². The number of rotatable bonds is 0. The van der Waals surface area contributed by atoms with Crippen molar-refractivity contribution in [3.8, 4) is 0 Å². The van der Waals surface area contributed by atoms with Gasteiger partial charge in [-0.2, -0.15) is 0 Å². The van der Waals surface area contributed by atoms with E-state index in [0.29, 0.717) is 0 Å². The van der Waals surface area contributed by atoms with E-state index in [2.05, 4.69) is 5.32 Å². The van der Waals surface area contributed by atoms with Gasteiger partial charge in [-0.1, -0.05) is 11.6 Å². The molecule has 3 nitrogen and oxygen atoms in total. The molecule has 1 aliphatic heterocycles. The van der Waals surface area contributed by atoms with Crippen LogP contribution in [0.4, 0.5) is 0 Å². The third kappa shape index (κ3) is 2.47. The molecule has 0 aliphatic carbocycles. The Morgan fingerprint density at radius 2 is 2.38 bits per heavy atom. The Morgan fingerprint density at radius 1 is 1.62 bits per heavy atom. The van der Waals surface area contributed by atoms with Gasteiger partial charge < -0.3 is 15.5 Å². The van der Waals surface area contributed by atoms with Gasteiger partial charge in [0.25, 0.3) is 0 Å². The number of alkyl halides is 1. The Balaban J connectivity index is 0.000000490. The quantitative estimate of drug-likeness (QED) is 0.454. The zero-order valence-corrected chi connectivity index (χ0v) is 5.24. The highest BCUT2D eigenvalue weighted by Gasteiger charge is 2.07. The largest absolute Gasteiger partial charge is 0.412 e. The van der Waals surface area contributed by atoms with Gasteiger partial charge in [0, 0.05) is 13.1 Å². The predicted octanol–water partition coefficient (Wildman–Crippen LogP) is -0.654. The molecule has 0 amide bonds. The second-order valence-corrected chi connectivity index (χ2v) is 1.97. The maximum Gasteiger partial charge on any atom is 0.143 e. The van der Waals surface area contributed by atoms with Crippen LogP contribution >= 0.6 is 11.6 Å². The van der Waals surface area contributed by atoms with E-state index in [-0.39, 0.29) is 11.0 Å². The highest BCUT2D eigenvalue weighted by Crippen LogP contribution is 1.98. The highest BCUT2D eigenvalue weighted by atomic mass is 35.5. The zero-order chi connectivity index (χ0) is 5.11. The molecule has 0 aromatic rings. The Kier molecular flexibility index (Phi) is 4.18. The molecule has 1 rings (SSSR count). The molecule has 1 fully saturated rings. The summed E-state index contributed by atoms with van der Waals surface area (Å²) in [6.45, 7) is 2.46. The molecule has 0 aromatic heterocycles. The lowest BCUT2D eigenvalue weighted by molar-refractivity contribution is 0.0804. The van der Waals surface area contributed by atoms with Gasteiger partial charge in [-0.15, -0.1) is 0 Å². The molecule has 8 heavy (non-hydrogen) atoms. The fraction of sp³-hybridized carbons (Fsp3) is 1.00. The summed E-state index contributed by atoms with van der Waals surface area (Å²) < 4.78 is 4.98. The van der Waals surface area contributed by atoms with Gasteiger partial charge in [0.2, 0.25) is 0 Å². The van der Waals surface area contributed by atoms with Crippen molar-refractivity contribution >= 4 is 11.6 Å². The Labute approximate surface area is 53.3 Å². The molecule has 0 spiro atoms. The second kappa shape index (κ2) is 4.09. The van der Waals surface area contributed by atoms with Crippen LogP contribution in [-0.4, -0.2) is 30.7 Å². The van der Waals surface area contributed by atoms with Crippen LogP contribution in [-0.2, 0) is 4.74 Å². The summed E-state index contributed by atoms with van der Waals surface area (Å²) in [5.41, 5.74) is -0.103. The minimum atomic E-state index is -0.103. The van der Waals surface area contributed by atoms with Gasteiger partial charge >= 0.3 is 0 Å². The van der Waals surface area contributed by atoms with Crippen molar-refractivity contribution in [2.24, 2.45) is 0 Å². The first-order valence-corrected chi connectivity index (χ1v) is 2.79. The molecule has 0 saturated carbocycles. The molecule has 1 heterocycles. The number of morpholine rings is 1. The maximum atomic E-state index is 5.53. The molecule has 1 unspecified atom stereocenters. The number of hydrogen-bond acceptors (Lipinski definition) is 2. The van der Waals surface area contributed by atoms with E-state index in [0.717, 1.165) is 19.7 Å². The number of hydrogen-bond donors (Lipinski definition) is 1. The van der Waals surface area contributed by atoms with E-state index in [4.69, 9.17) is 16.3 Å². The van der Waals surface area contributed by atoms with Crippen molar-refractivity contribution in [3.63, 3.8) is 0 Å². The van der Waals surface area contributed by atoms with Crippen LogP contribution in [0.3, 0.4) is 0 Å². The molecule has 0 radical (unpaired) electrons. The summed E-state index contributed by atoms with van der Waals surface area (Å²) in [6.07, 6.45) is 0. The molecule has 1 atom stereocenters. The minimum Gasteiger partial charge on any atom is -0.412 e. The smallest absolute Gasteiger partial charge is 0.143 e. The standard InChI is InChI=1S/C4H8ClNO.H2O/c5-4-3-6-1-2-7-4;/h4,6H,1-3H2;1H2. The first-order valence-electron chi connectivity index (χ1n) is 2.36. The second-order valence-electron chi connectivity index (χ2n) is 1.48. The fourth-order valence-electron chi connectivity index (χ4n) is 0.533.